The van der Waals surface area contributed by atoms with Gasteiger partial charge in [-0.05, 0) is 69.5 Å². The number of fused-ring (bicyclic) bond motifs is 2. The number of rotatable bonds is 9. The van der Waals surface area contributed by atoms with Gasteiger partial charge >= 0.3 is 0 Å². The van der Waals surface area contributed by atoms with Gasteiger partial charge in [0.2, 0.25) is 5.88 Å². The number of carbonyl (C=O) groups is 1. The summed E-state index contributed by atoms with van der Waals surface area (Å²) >= 11 is 0. The van der Waals surface area contributed by atoms with Crippen molar-refractivity contribution >= 4 is 16.7 Å². The monoisotopic (exact) mass is 520 g/mol. The number of carbonyl (C=O) groups excluding carboxylic acids is 1. The second kappa shape index (κ2) is 11.5. The first-order valence-corrected chi connectivity index (χ1v) is 14.2. The fourth-order valence-electron chi connectivity index (χ4n) is 6.02. The molecule has 0 radical (unpaired) electrons. The number of hydrogen-bond donors (Lipinski definition) is 0. The highest BCUT2D eigenvalue weighted by atomic mass is 19.1. The van der Waals surface area contributed by atoms with E-state index in [1.807, 2.05) is 37.5 Å². The molecule has 5 rings (SSSR count). The maximum absolute atomic E-state index is 13.8. The van der Waals surface area contributed by atoms with Gasteiger partial charge in [-0.1, -0.05) is 31.0 Å². The van der Waals surface area contributed by atoms with Crippen molar-refractivity contribution in [2.24, 2.45) is 18.9 Å². The SMILES string of the molecule is Cn1cc2c(C(=O)CC3CCC(CCN4CCc5ccc(OCC(C)(C)F)nc5CC4)CC3)cccc2n1. The summed E-state index contributed by atoms with van der Waals surface area (Å²) in [5, 5.41) is 5.42. The second-order valence-corrected chi connectivity index (χ2v) is 11.9. The van der Waals surface area contributed by atoms with Gasteiger partial charge in [0.05, 0.1) is 5.52 Å². The molecule has 1 aliphatic heterocycles. The summed E-state index contributed by atoms with van der Waals surface area (Å²) in [6.45, 7) is 6.22. The fourth-order valence-corrected chi connectivity index (χ4v) is 6.02. The standard InChI is InChI=1S/C31H41FN4O2/c1-31(2,32)21-38-30-12-11-24-14-17-36(18-15-27(24)33-30)16-13-22-7-9-23(10-8-22)19-29(37)25-5-4-6-28-26(25)20-35(3)34-28/h4-6,11-12,20,22-23H,7-10,13-19,21H2,1-3H3. The first-order valence-electron chi connectivity index (χ1n) is 14.2. The third-order valence-corrected chi connectivity index (χ3v) is 8.23. The molecule has 1 fully saturated rings. The summed E-state index contributed by atoms with van der Waals surface area (Å²) in [5.41, 5.74) is 2.72. The highest BCUT2D eigenvalue weighted by Crippen LogP contribution is 2.34. The van der Waals surface area contributed by atoms with E-state index in [4.69, 9.17) is 4.74 Å². The van der Waals surface area contributed by atoms with E-state index in [0.29, 0.717) is 18.2 Å². The Labute approximate surface area is 225 Å². The average molecular weight is 521 g/mol. The van der Waals surface area contributed by atoms with Crippen LogP contribution in [0.3, 0.4) is 0 Å². The molecule has 0 spiro atoms. The Kier molecular flexibility index (Phi) is 8.12. The molecule has 0 bridgehead atoms. The van der Waals surface area contributed by atoms with Crippen LogP contribution < -0.4 is 4.74 Å². The number of ketones is 1. The zero-order valence-corrected chi connectivity index (χ0v) is 23.1. The summed E-state index contributed by atoms with van der Waals surface area (Å²) in [6.07, 6.45) is 10.5. The van der Waals surface area contributed by atoms with Crippen molar-refractivity contribution < 1.29 is 13.9 Å². The fraction of sp³-hybridized carbons (Fsp3) is 0.581. The smallest absolute Gasteiger partial charge is 0.213 e. The number of nitrogens with zero attached hydrogens (tertiary/aromatic N) is 4. The van der Waals surface area contributed by atoms with Crippen molar-refractivity contribution in [3.63, 3.8) is 0 Å². The molecule has 6 nitrogen and oxygen atoms in total. The number of hydrogen-bond acceptors (Lipinski definition) is 5. The van der Waals surface area contributed by atoms with Crippen LogP contribution >= 0.6 is 0 Å². The summed E-state index contributed by atoms with van der Waals surface area (Å²) in [6, 6.07) is 9.84. The van der Waals surface area contributed by atoms with E-state index >= 15 is 0 Å². The Morgan fingerprint density at radius 3 is 2.63 bits per heavy atom. The van der Waals surface area contributed by atoms with Crippen LogP contribution in [0.5, 0.6) is 5.88 Å². The van der Waals surface area contributed by atoms with E-state index in [1.165, 1.54) is 38.7 Å². The Morgan fingerprint density at radius 1 is 1.08 bits per heavy atom. The van der Waals surface area contributed by atoms with Crippen LogP contribution in [0.15, 0.2) is 36.5 Å². The van der Waals surface area contributed by atoms with E-state index in [0.717, 1.165) is 73.4 Å². The largest absolute Gasteiger partial charge is 0.474 e. The molecule has 1 aliphatic carbocycles. The molecule has 2 aliphatic rings. The molecule has 38 heavy (non-hydrogen) atoms. The number of halogens is 1. The predicted octanol–water partition coefficient (Wildman–Crippen LogP) is 5.97. The van der Waals surface area contributed by atoms with Crippen LogP contribution in [0.25, 0.3) is 10.9 Å². The minimum absolute atomic E-state index is 0.0158. The van der Waals surface area contributed by atoms with Gasteiger partial charge in [-0.3, -0.25) is 9.48 Å². The number of aromatic nitrogens is 3. The van der Waals surface area contributed by atoms with E-state index in [1.54, 1.807) is 4.68 Å². The molecule has 3 heterocycles. The number of alkyl halides is 1. The van der Waals surface area contributed by atoms with Gasteiger partial charge in [0.1, 0.15) is 12.3 Å². The minimum Gasteiger partial charge on any atom is -0.474 e. The Morgan fingerprint density at radius 2 is 1.84 bits per heavy atom. The molecular formula is C31H41FN4O2. The van der Waals surface area contributed by atoms with Crippen molar-refractivity contribution in [1.29, 1.82) is 0 Å². The molecule has 0 saturated heterocycles. The first-order chi connectivity index (χ1) is 18.2. The Balaban J connectivity index is 1.06. The molecule has 0 atom stereocenters. The highest BCUT2D eigenvalue weighted by Gasteiger charge is 2.25. The van der Waals surface area contributed by atoms with Gasteiger partial charge in [0.25, 0.3) is 0 Å². The summed E-state index contributed by atoms with van der Waals surface area (Å²) in [5.74, 6) is 2.02. The molecule has 2 aromatic heterocycles. The molecule has 1 saturated carbocycles. The van der Waals surface area contributed by atoms with Crippen molar-refractivity contribution in [1.82, 2.24) is 19.7 Å². The molecule has 0 amide bonds. The minimum atomic E-state index is -1.37. The Bertz CT molecular complexity index is 1260. The molecule has 0 N–H and O–H groups in total. The van der Waals surface area contributed by atoms with Gasteiger partial charge in [-0.15, -0.1) is 0 Å². The molecule has 204 valence electrons. The number of pyridine rings is 1. The van der Waals surface area contributed by atoms with Crippen LogP contribution in [-0.4, -0.2) is 57.4 Å². The first kappa shape index (κ1) is 26.8. The summed E-state index contributed by atoms with van der Waals surface area (Å²) in [7, 11) is 1.90. The Hall–Kier alpha value is -2.80. The van der Waals surface area contributed by atoms with E-state index in [9.17, 15) is 9.18 Å². The van der Waals surface area contributed by atoms with Gasteiger partial charge in [-0.2, -0.15) is 5.10 Å². The summed E-state index contributed by atoms with van der Waals surface area (Å²) < 4.78 is 21.2. The highest BCUT2D eigenvalue weighted by molar-refractivity contribution is 6.07. The maximum atomic E-state index is 13.8. The lowest BCUT2D eigenvalue weighted by Crippen LogP contribution is -2.29. The third-order valence-electron chi connectivity index (χ3n) is 8.23. The van der Waals surface area contributed by atoms with Crippen LogP contribution in [0, 0.1) is 11.8 Å². The lowest BCUT2D eigenvalue weighted by Gasteiger charge is -2.30. The van der Waals surface area contributed by atoms with Crippen LogP contribution in [0.1, 0.15) is 74.0 Å². The third kappa shape index (κ3) is 6.79. The lowest BCUT2D eigenvalue weighted by atomic mass is 9.78. The zero-order valence-electron chi connectivity index (χ0n) is 23.1. The molecule has 0 unspecified atom stereocenters. The van der Waals surface area contributed by atoms with Gasteiger partial charge in [0.15, 0.2) is 5.78 Å². The van der Waals surface area contributed by atoms with Crippen molar-refractivity contribution in [3.05, 3.63) is 53.3 Å². The van der Waals surface area contributed by atoms with Crippen molar-refractivity contribution in [2.45, 2.75) is 70.9 Å². The quantitative estimate of drug-likeness (QED) is 0.326. The van der Waals surface area contributed by atoms with Gasteiger partial charge < -0.3 is 9.64 Å². The average Bonchev–Trinajstić information content (AvgIpc) is 3.16. The predicted molar refractivity (Wildman–Crippen MR) is 148 cm³/mol. The van der Waals surface area contributed by atoms with Gasteiger partial charge in [-0.25, -0.2) is 9.37 Å². The van der Waals surface area contributed by atoms with E-state index in [-0.39, 0.29) is 12.4 Å². The van der Waals surface area contributed by atoms with E-state index < -0.39 is 5.67 Å². The van der Waals surface area contributed by atoms with Crippen LogP contribution in [0.4, 0.5) is 4.39 Å². The van der Waals surface area contributed by atoms with Crippen molar-refractivity contribution in [2.75, 3.05) is 26.2 Å². The molecular weight excluding hydrogens is 479 g/mol. The normalized spacial score (nSPS) is 20.7. The van der Waals surface area contributed by atoms with Crippen LogP contribution in [-0.2, 0) is 19.9 Å². The van der Waals surface area contributed by atoms with Crippen molar-refractivity contribution in [3.8, 4) is 5.88 Å². The number of Topliss-reactive ketones (excluding diaryl/α,β-unsaturated/α-hetero) is 1. The number of ether oxygens (including phenoxy) is 1. The number of benzene rings is 1. The van der Waals surface area contributed by atoms with Crippen LogP contribution in [0.2, 0.25) is 0 Å². The van der Waals surface area contributed by atoms with Gasteiger partial charge in [0, 0.05) is 61.9 Å². The molecule has 7 heteroatoms. The second-order valence-electron chi connectivity index (χ2n) is 11.9. The lowest BCUT2D eigenvalue weighted by molar-refractivity contribution is 0.0942. The molecule has 3 aromatic rings. The molecule has 1 aromatic carbocycles. The summed E-state index contributed by atoms with van der Waals surface area (Å²) in [4.78, 5) is 20.4. The number of aryl methyl sites for hydroxylation is 1. The maximum Gasteiger partial charge on any atom is 0.213 e. The zero-order chi connectivity index (χ0) is 26.7. The van der Waals surface area contributed by atoms with E-state index in [2.05, 4.69) is 21.0 Å². The topological polar surface area (TPSA) is 60.2 Å².